The molecule has 0 atom stereocenters. The zero-order chi connectivity index (χ0) is 26.9. The summed E-state index contributed by atoms with van der Waals surface area (Å²) in [7, 11) is 1.50. The van der Waals surface area contributed by atoms with Gasteiger partial charge in [-0.2, -0.15) is 13.2 Å². The van der Waals surface area contributed by atoms with Crippen LogP contribution in [0.25, 0.3) is 17.2 Å². The van der Waals surface area contributed by atoms with E-state index in [0.717, 1.165) is 34.6 Å². The van der Waals surface area contributed by atoms with Crippen molar-refractivity contribution in [2.45, 2.75) is 44.3 Å². The highest BCUT2D eigenvalue weighted by Crippen LogP contribution is 2.36. The first-order valence-corrected chi connectivity index (χ1v) is 12.2. The van der Waals surface area contributed by atoms with Gasteiger partial charge >= 0.3 is 11.9 Å². The van der Waals surface area contributed by atoms with Crippen LogP contribution in [0, 0.1) is 0 Å². The van der Waals surface area contributed by atoms with E-state index in [1.54, 1.807) is 23.2 Å². The maximum absolute atomic E-state index is 13.8. The quantitative estimate of drug-likeness (QED) is 0.362. The van der Waals surface area contributed by atoms with Crippen LogP contribution < -0.4 is 11.0 Å². The molecule has 0 aliphatic carbocycles. The van der Waals surface area contributed by atoms with Crippen LogP contribution in [-0.2, 0) is 31.6 Å². The summed E-state index contributed by atoms with van der Waals surface area (Å²) in [4.78, 5) is 13.8. The van der Waals surface area contributed by atoms with Crippen molar-refractivity contribution in [3.8, 4) is 17.2 Å². The monoisotopic (exact) mass is 524 g/mol. The van der Waals surface area contributed by atoms with E-state index in [2.05, 4.69) is 25.9 Å². The summed E-state index contributed by atoms with van der Waals surface area (Å²) in [6.45, 7) is 2.22. The van der Waals surface area contributed by atoms with E-state index in [-0.39, 0.29) is 12.4 Å². The predicted molar refractivity (Wildman–Crippen MR) is 135 cm³/mol. The molecule has 12 heteroatoms. The van der Waals surface area contributed by atoms with Crippen LogP contribution in [0.1, 0.15) is 36.6 Å². The average Bonchev–Trinajstić information content (AvgIpc) is 3.64. The molecule has 0 radical (unpaired) electrons. The highest BCUT2D eigenvalue weighted by molar-refractivity contribution is 5.57. The summed E-state index contributed by atoms with van der Waals surface area (Å²) in [5.74, 6) is 0.295. The van der Waals surface area contributed by atoms with Crippen LogP contribution >= 0.6 is 0 Å². The number of benzene rings is 1. The number of nitrogens with one attached hydrogen (secondary N) is 2. The Balaban J connectivity index is 1.65. The first-order chi connectivity index (χ1) is 18.2. The molecule has 5 rings (SSSR count). The number of dihydropyridines is 1. The van der Waals surface area contributed by atoms with Gasteiger partial charge in [-0.1, -0.05) is 43.7 Å². The molecular weight excluding hydrogens is 497 g/mol. The number of imidazole rings is 1. The van der Waals surface area contributed by atoms with Crippen molar-refractivity contribution in [1.82, 2.24) is 39.6 Å². The second kappa shape index (κ2) is 9.84. The third kappa shape index (κ3) is 4.57. The number of rotatable bonds is 8. The van der Waals surface area contributed by atoms with Crippen molar-refractivity contribution in [3.63, 3.8) is 0 Å². The minimum atomic E-state index is -4.60. The average molecular weight is 525 g/mol. The van der Waals surface area contributed by atoms with Gasteiger partial charge in [0.15, 0.2) is 5.82 Å². The molecule has 1 aliphatic rings. The lowest BCUT2D eigenvalue weighted by atomic mass is 9.78. The van der Waals surface area contributed by atoms with Crippen LogP contribution in [0.4, 0.5) is 13.2 Å². The van der Waals surface area contributed by atoms with E-state index in [0.29, 0.717) is 17.9 Å². The number of aromatic amines is 1. The number of unbranched alkanes of at least 4 members (excludes halogenated alkanes) is 1. The maximum Gasteiger partial charge on any atom is 0.419 e. The van der Waals surface area contributed by atoms with Crippen LogP contribution in [0.5, 0.6) is 0 Å². The van der Waals surface area contributed by atoms with Crippen molar-refractivity contribution in [3.05, 3.63) is 94.6 Å². The molecule has 0 spiro atoms. The van der Waals surface area contributed by atoms with Crippen molar-refractivity contribution in [1.29, 1.82) is 0 Å². The Hall–Kier alpha value is -4.35. The Morgan fingerprint density at radius 3 is 2.61 bits per heavy atom. The molecule has 0 unspecified atom stereocenters. The number of tetrazole rings is 1. The van der Waals surface area contributed by atoms with Crippen LogP contribution in [0.15, 0.2) is 72.1 Å². The summed E-state index contributed by atoms with van der Waals surface area (Å²) in [5.41, 5.74) is 0.164. The molecule has 2 N–H and O–H groups in total. The molecule has 4 aromatic rings. The smallest absolute Gasteiger partial charge is 0.368 e. The molecule has 3 aromatic heterocycles. The van der Waals surface area contributed by atoms with Crippen LogP contribution in [0.3, 0.4) is 0 Å². The molecule has 0 bridgehead atoms. The molecule has 4 heterocycles. The molecule has 0 saturated heterocycles. The van der Waals surface area contributed by atoms with Gasteiger partial charge in [-0.25, -0.2) is 9.89 Å². The first kappa shape index (κ1) is 25.3. The third-order valence-corrected chi connectivity index (χ3v) is 6.81. The predicted octanol–water partition coefficient (Wildman–Crippen LogP) is 4.09. The van der Waals surface area contributed by atoms with Gasteiger partial charge in [-0.05, 0) is 53.4 Å². The number of hydrogen-bond donors (Lipinski definition) is 2. The number of alkyl halides is 3. The lowest BCUT2D eigenvalue weighted by Gasteiger charge is -2.31. The van der Waals surface area contributed by atoms with Crippen molar-refractivity contribution in [2.75, 3.05) is 0 Å². The van der Waals surface area contributed by atoms with E-state index in [1.165, 1.54) is 17.8 Å². The fraction of sp³-hybridized carbons (Fsp3) is 0.308. The fourth-order valence-corrected chi connectivity index (χ4v) is 4.84. The molecule has 198 valence electrons. The lowest BCUT2D eigenvalue weighted by molar-refractivity contribution is -0.137. The van der Waals surface area contributed by atoms with Crippen LogP contribution in [-0.4, -0.2) is 34.3 Å². The van der Waals surface area contributed by atoms with Crippen molar-refractivity contribution < 1.29 is 13.2 Å². The second-order valence-electron chi connectivity index (χ2n) is 9.33. The zero-order valence-electron chi connectivity index (χ0n) is 20.9. The summed E-state index contributed by atoms with van der Waals surface area (Å²) in [6, 6.07) is 8.63. The maximum atomic E-state index is 13.8. The number of aryl methyl sites for hydroxylation is 2. The number of allylic oxidation sites excluding steroid dienone is 2. The topological polar surface area (TPSA) is 98.3 Å². The Morgan fingerprint density at radius 1 is 1.13 bits per heavy atom. The molecule has 1 aromatic carbocycles. The van der Waals surface area contributed by atoms with Gasteiger partial charge in [-0.3, -0.25) is 9.13 Å². The molecule has 0 saturated carbocycles. The summed E-state index contributed by atoms with van der Waals surface area (Å²) < 4.78 is 45.5. The second-order valence-corrected chi connectivity index (χ2v) is 9.33. The van der Waals surface area contributed by atoms with Gasteiger partial charge in [0.2, 0.25) is 0 Å². The molecule has 9 nitrogen and oxygen atoms in total. The fourth-order valence-electron chi connectivity index (χ4n) is 4.84. The van der Waals surface area contributed by atoms with Gasteiger partial charge in [-0.15, -0.1) is 5.10 Å². The largest absolute Gasteiger partial charge is 0.419 e. The molecule has 38 heavy (non-hydrogen) atoms. The molecule has 1 aliphatic heterocycles. The van der Waals surface area contributed by atoms with Crippen LogP contribution in [0.2, 0.25) is 0 Å². The first-order valence-electron chi connectivity index (χ1n) is 12.2. The summed E-state index contributed by atoms with van der Waals surface area (Å²) in [6.07, 6.45) is 7.94. The van der Waals surface area contributed by atoms with E-state index < -0.39 is 22.8 Å². The normalized spacial score (nSPS) is 14.7. The lowest BCUT2D eigenvalue weighted by Crippen LogP contribution is -2.36. The Morgan fingerprint density at radius 2 is 1.92 bits per heavy atom. The van der Waals surface area contributed by atoms with E-state index in [4.69, 9.17) is 0 Å². The van der Waals surface area contributed by atoms with Gasteiger partial charge in [0.05, 0.1) is 11.0 Å². The number of hydrogen-bond acceptors (Lipinski definition) is 5. The minimum absolute atomic E-state index is 0.191. The van der Waals surface area contributed by atoms with E-state index >= 15 is 0 Å². The molecule has 0 amide bonds. The standard InChI is InChI=1S/C26H27F3N8O/c1-3-4-8-20-16-36(23-21(26(27,28)29)9-14-35(23)2)24(38)37(20)17-25(10-12-30-13-11-25)19-7-5-6-18(15-19)22-31-33-34-32-22/h5-7,9-16,30H,3-4,8,17H2,1-2H3,(H,31,32,33,34). The SMILES string of the molecule is CCCCc1cn(-c2c(C(F)(F)F)ccn2C)c(=O)n1CC1(c2cccc(-c3nnn[nH]3)c2)C=CNC=C1. The minimum Gasteiger partial charge on any atom is -0.368 e. The summed E-state index contributed by atoms with van der Waals surface area (Å²) >= 11 is 0. The third-order valence-electron chi connectivity index (χ3n) is 6.81. The van der Waals surface area contributed by atoms with Crippen molar-refractivity contribution in [2.24, 2.45) is 7.05 Å². The van der Waals surface area contributed by atoms with Crippen molar-refractivity contribution >= 4 is 0 Å². The van der Waals surface area contributed by atoms with E-state index in [1.807, 2.05) is 43.3 Å². The summed E-state index contributed by atoms with van der Waals surface area (Å²) in [5, 5.41) is 17.1. The highest BCUT2D eigenvalue weighted by atomic mass is 19.4. The van der Waals surface area contributed by atoms with Gasteiger partial charge in [0.25, 0.3) is 0 Å². The van der Waals surface area contributed by atoms with E-state index in [9.17, 15) is 18.0 Å². The molecule has 0 fully saturated rings. The van der Waals surface area contributed by atoms with Gasteiger partial charge in [0.1, 0.15) is 5.82 Å². The number of halogens is 3. The number of nitrogens with zero attached hydrogens (tertiary/aromatic N) is 6. The Bertz CT molecular complexity index is 1530. The molecular formula is C26H27F3N8O. The number of H-pyrrole nitrogens is 1. The Kier molecular flexibility index (Phi) is 6.55. The number of aromatic nitrogens is 7. The highest BCUT2D eigenvalue weighted by Gasteiger charge is 2.37. The van der Waals surface area contributed by atoms with Gasteiger partial charge < -0.3 is 9.88 Å². The van der Waals surface area contributed by atoms with Gasteiger partial charge in [0, 0.05) is 37.2 Å². The zero-order valence-corrected chi connectivity index (χ0v) is 20.9. The Labute approximate surface area is 216 Å².